The van der Waals surface area contributed by atoms with Crippen molar-refractivity contribution in [3.63, 3.8) is 0 Å². The van der Waals surface area contributed by atoms with Gasteiger partial charge in [-0.1, -0.05) is 24.1 Å². The van der Waals surface area contributed by atoms with Crippen molar-refractivity contribution in [2.75, 3.05) is 0 Å². The lowest BCUT2D eigenvalue weighted by Crippen LogP contribution is -1.96. The molecule has 1 nitrogen and oxygen atoms in total. The minimum Gasteiger partial charge on any atom is -0.333 e. The van der Waals surface area contributed by atoms with Gasteiger partial charge in [-0.15, -0.1) is 6.42 Å². The van der Waals surface area contributed by atoms with Crippen LogP contribution in [0.15, 0.2) is 30.3 Å². The van der Waals surface area contributed by atoms with E-state index in [2.05, 4.69) is 35.6 Å². The van der Waals surface area contributed by atoms with Crippen molar-refractivity contribution < 1.29 is 0 Å². The molecule has 0 aliphatic carbocycles. The average molecular weight is 169 g/mol. The Kier molecular flexibility index (Phi) is 1.83. The maximum Gasteiger partial charge on any atom is 0.0837 e. The fraction of sp³-hybridized carbons (Fsp3) is 0.167. The average Bonchev–Trinajstić information content (AvgIpc) is 2.44. The fourth-order valence-electron chi connectivity index (χ4n) is 1.65. The largest absolute Gasteiger partial charge is 0.333 e. The van der Waals surface area contributed by atoms with Crippen molar-refractivity contribution in [1.82, 2.24) is 4.57 Å². The number of rotatable bonds is 1. The summed E-state index contributed by atoms with van der Waals surface area (Å²) in [4.78, 5) is 0. The van der Waals surface area contributed by atoms with E-state index in [-0.39, 0.29) is 0 Å². The van der Waals surface area contributed by atoms with Gasteiger partial charge in [-0.2, -0.15) is 0 Å². The third kappa shape index (κ3) is 1.21. The molecule has 0 aliphatic heterocycles. The molecule has 0 fully saturated rings. The molecule has 2 rings (SSSR count). The van der Waals surface area contributed by atoms with E-state index in [1.807, 2.05) is 12.1 Å². The highest BCUT2D eigenvalue weighted by Gasteiger charge is 2.01. The Balaban J connectivity index is 2.73. The van der Waals surface area contributed by atoms with E-state index < -0.39 is 0 Å². The van der Waals surface area contributed by atoms with Gasteiger partial charge in [0.25, 0.3) is 0 Å². The van der Waals surface area contributed by atoms with E-state index in [9.17, 15) is 0 Å². The van der Waals surface area contributed by atoms with E-state index in [1.54, 1.807) is 0 Å². The third-order valence-electron chi connectivity index (χ3n) is 2.27. The van der Waals surface area contributed by atoms with Gasteiger partial charge in [0.05, 0.1) is 6.54 Å². The van der Waals surface area contributed by atoms with E-state index in [0.717, 1.165) is 0 Å². The lowest BCUT2D eigenvalue weighted by molar-refractivity contribution is 0.847. The lowest BCUT2D eigenvalue weighted by atomic mass is 10.2. The molecule has 0 bridgehead atoms. The van der Waals surface area contributed by atoms with Crippen LogP contribution in [0.2, 0.25) is 0 Å². The summed E-state index contributed by atoms with van der Waals surface area (Å²) in [6, 6.07) is 10.4. The molecule has 0 atom stereocenters. The van der Waals surface area contributed by atoms with Crippen LogP contribution in [0.25, 0.3) is 10.9 Å². The molecule has 0 saturated carbocycles. The topological polar surface area (TPSA) is 4.93 Å². The Labute approximate surface area is 78.0 Å². The zero-order chi connectivity index (χ0) is 9.26. The Morgan fingerprint density at radius 2 is 2.15 bits per heavy atom. The number of terminal acetylenes is 1. The smallest absolute Gasteiger partial charge is 0.0837 e. The predicted molar refractivity (Wildman–Crippen MR) is 55.5 cm³/mol. The van der Waals surface area contributed by atoms with Crippen molar-refractivity contribution in [3.05, 3.63) is 36.0 Å². The van der Waals surface area contributed by atoms with E-state index in [1.165, 1.54) is 16.6 Å². The van der Waals surface area contributed by atoms with E-state index >= 15 is 0 Å². The van der Waals surface area contributed by atoms with E-state index in [4.69, 9.17) is 6.42 Å². The van der Waals surface area contributed by atoms with Crippen LogP contribution in [-0.2, 0) is 6.54 Å². The molecule has 2 aromatic rings. The van der Waals surface area contributed by atoms with Crippen LogP contribution in [-0.4, -0.2) is 4.57 Å². The van der Waals surface area contributed by atoms with E-state index in [0.29, 0.717) is 6.54 Å². The van der Waals surface area contributed by atoms with Gasteiger partial charge in [-0.3, -0.25) is 0 Å². The van der Waals surface area contributed by atoms with Gasteiger partial charge >= 0.3 is 0 Å². The van der Waals surface area contributed by atoms with Crippen molar-refractivity contribution in [1.29, 1.82) is 0 Å². The maximum absolute atomic E-state index is 5.31. The Morgan fingerprint density at radius 1 is 1.38 bits per heavy atom. The molecule has 1 heterocycles. The minimum absolute atomic E-state index is 0.652. The summed E-state index contributed by atoms with van der Waals surface area (Å²) in [6.45, 7) is 2.73. The highest BCUT2D eigenvalue weighted by atomic mass is 15.0. The number of hydrogen-bond acceptors (Lipinski definition) is 0. The van der Waals surface area contributed by atoms with Crippen molar-refractivity contribution >= 4 is 10.9 Å². The number of aryl methyl sites for hydroxylation is 1. The van der Waals surface area contributed by atoms with Gasteiger partial charge in [0.2, 0.25) is 0 Å². The van der Waals surface area contributed by atoms with Gasteiger partial charge in [0.1, 0.15) is 0 Å². The van der Waals surface area contributed by atoms with Crippen LogP contribution in [0.4, 0.5) is 0 Å². The summed E-state index contributed by atoms with van der Waals surface area (Å²) in [7, 11) is 0. The Bertz CT molecular complexity index is 471. The van der Waals surface area contributed by atoms with Crippen molar-refractivity contribution in [2.24, 2.45) is 0 Å². The molecule has 1 heteroatoms. The van der Waals surface area contributed by atoms with Crippen molar-refractivity contribution in [3.8, 4) is 12.3 Å². The molecular formula is C12H11N. The molecule has 0 spiro atoms. The number of fused-ring (bicyclic) bond motifs is 1. The zero-order valence-electron chi connectivity index (χ0n) is 7.62. The Morgan fingerprint density at radius 3 is 2.92 bits per heavy atom. The predicted octanol–water partition coefficient (Wildman–Crippen LogP) is 2.58. The number of benzene rings is 1. The normalized spacial score (nSPS) is 10.2. The molecule has 0 N–H and O–H groups in total. The summed E-state index contributed by atoms with van der Waals surface area (Å²) in [5, 5.41) is 1.26. The van der Waals surface area contributed by atoms with Crippen LogP contribution >= 0.6 is 0 Å². The van der Waals surface area contributed by atoms with Gasteiger partial charge in [0.15, 0.2) is 0 Å². The maximum atomic E-state index is 5.31. The van der Waals surface area contributed by atoms with Crippen LogP contribution in [0.5, 0.6) is 0 Å². The van der Waals surface area contributed by atoms with Crippen LogP contribution in [0.3, 0.4) is 0 Å². The van der Waals surface area contributed by atoms with Crippen LogP contribution in [0, 0.1) is 19.3 Å². The second kappa shape index (κ2) is 2.99. The summed E-state index contributed by atoms with van der Waals surface area (Å²) < 4.78 is 2.15. The molecule has 1 aromatic heterocycles. The first-order valence-electron chi connectivity index (χ1n) is 4.31. The highest BCUT2D eigenvalue weighted by molar-refractivity contribution is 5.81. The molecule has 0 aliphatic rings. The second-order valence-electron chi connectivity index (χ2n) is 3.13. The number of nitrogens with zero attached hydrogens (tertiary/aromatic N) is 1. The molecule has 1 aromatic carbocycles. The first kappa shape index (κ1) is 7.94. The van der Waals surface area contributed by atoms with Gasteiger partial charge in [-0.25, -0.2) is 0 Å². The van der Waals surface area contributed by atoms with Gasteiger partial charge in [-0.05, 0) is 24.4 Å². The molecule has 0 saturated heterocycles. The number of aromatic nitrogens is 1. The molecule has 0 radical (unpaired) electrons. The SMILES string of the molecule is C#CCn1c(C)cc2ccccc21. The van der Waals surface area contributed by atoms with Crippen LogP contribution in [0.1, 0.15) is 5.69 Å². The molecular weight excluding hydrogens is 158 g/mol. The first-order valence-corrected chi connectivity index (χ1v) is 4.31. The molecule has 0 unspecified atom stereocenters. The van der Waals surface area contributed by atoms with Gasteiger partial charge in [0, 0.05) is 11.2 Å². The third-order valence-corrected chi connectivity index (χ3v) is 2.27. The zero-order valence-corrected chi connectivity index (χ0v) is 7.62. The summed E-state index contributed by atoms with van der Waals surface area (Å²) in [5.41, 5.74) is 2.44. The monoisotopic (exact) mass is 169 g/mol. The van der Waals surface area contributed by atoms with Crippen LogP contribution < -0.4 is 0 Å². The van der Waals surface area contributed by atoms with Gasteiger partial charge < -0.3 is 4.57 Å². The summed E-state index contributed by atoms with van der Waals surface area (Å²) >= 11 is 0. The molecule has 0 amide bonds. The lowest BCUT2D eigenvalue weighted by Gasteiger charge is -2.01. The molecule has 13 heavy (non-hydrogen) atoms. The quantitative estimate of drug-likeness (QED) is 0.578. The highest BCUT2D eigenvalue weighted by Crippen LogP contribution is 2.18. The number of para-hydroxylation sites is 1. The summed E-state index contributed by atoms with van der Waals surface area (Å²) in [6.07, 6.45) is 5.31. The molecule has 64 valence electrons. The first-order chi connectivity index (χ1) is 6.33. The minimum atomic E-state index is 0.652. The number of hydrogen-bond donors (Lipinski definition) is 0. The Hall–Kier alpha value is -1.68. The summed E-state index contributed by atoms with van der Waals surface area (Å²) in [5.74, 6) is 2.67. The fourth-order valence-corrected chi connectivity index (χ4v) is 1.65. The van der Waals surface area contributed by atoms with Crippen molar-refractivity contribution in [2.45, 2.75) is 13.5 Å². The second-order valence-corrected chi connectivity index (χ2v) is 3.13. The standard InChI is InChI=1S/C12H11N/c1-3-8-13-10(2)9-11-6-4-5-7-12(11)13/h1,4-7,9H,8H2,2H3.